The van der Waals surface area contributed by atoms with Gasteiger partial charge in [0.15, 0.2) is 0 Å². The third kappa shape index (κ3) is 4.18. The molecule has 6 heteroatoms. The Hall–Kier alpha value is -2.44. The molecule has 1 heterocycles. The molecule has 2 aliphatic rings. The number of rotatable bonds is 5. The zero-order chi connectivity index (χ0) is 19.5. The van der Waals surface area contributed by atoms with E-state index in [4.69, 9.17) is 0 Å². The Bertz CT molecular complexity index is 827. The molecule has 1 saturated heterocycles. The number of phenols is 1. The summed E-state index contributed by atoms with van der Waals surface area (Å²) in [5.41, 5.74) is 8.08. The van der Waals surface area contributed by atoms with Crippen LogP contribution in [0, 0.1) is 11.7 Å². The summed E-state index contributed by atoms with van der Waals surface area (Å²) >= 11 is 0. The maximum absolute atomic E-state index is 13.1. The number of hydrogen-bond donors (Lipinski definition) is 4. The molecule has 4 N–H and O–H groups in total. The van der Waals surface area contributed by atoms with E-state index in [0.717, 1.165) is 36.8 Å². The molecule has 1 aliphatic heterocycles. The Morgan fingerprint density at radius 3 is 2.68 bits per heavy atom. The van der Waals surface area contributed by atoms with Gasteiger partial charge in [0, 0.05) is 11.6 Å². The fraction of sp³-hybridized carbons (Fsp3) is 0.409. The zero-order valence-electron chi connectivity index (χ0n) is 15.7. The molecule has 0 radical (unpaired) electrons. The third-order valence-corrected chi connectivity index (χ3v) is 5.93. The number of hydrogen-bond acceptors (Lipinski definition) is 4. The van der Waals surface area contributed by atoms with Gasteiger partial charge < -0.3 is 10.4 Å². The Morgan fingerprint density at radius 1 is 1.11 bits per heavy atom. The lowest BCUT2D eigenvalue weighted by Gasteiger charge is -2.23. The average Bonchev–Trinajstić information content (AvgIpc) is 3.34. The van der Waals surface area contributed by atoms with Crippen molar-refractivity contribution in [2.24, 2.45) is 5.92 Å². The molecule has 0 spiro atoms. The first-order valence-corrected chi connectivity index (χ1v) is 9.94. The van der Waals surface area contributed by atoms with Gasteiger partial charge in [0.2, 0.25) is 5.91 Å². The summed E-state index contributed by atoms with van der Waals surface area (Å²) in [6.45, 7) is 0. The second-order valence-corrected chi connectivity index (χ2v) is 7.83. The minimum atomic E-state index is -0.336. The molecular weight excluding hydrogens is 357 g/mol. The standard InChI is InChI=1S/C22H26FN3O2/c23-16-10-8-14(9-11-16)12-15-4-3-6-18(15)24-22(28)20-13-19(25-26-20)17-5-1-2-7-21(17)27/h1-2,5,7-11,15,18-20,25-27H,3-4,6,12-13H2,(H,24,28)/t15-,18-,19?,20?/m1/s1. The lowest BCUT2D eigenvalue weighted by molar-refractivity contribution is -0.123. The second-order valence-electron chi connectivity index (χ2n) is 7.83. The topological polar surface area (TPSA) is 73.4 Å². The molecule has 148 valence electrons. The van der Waals surface area contributed by atoms with Crippen molar-refractivity contribution >= 4 is 5.91 Å². The van der Waals surface area contributed by atoms with Crippen LogP contribution in [0.5, 0.6) is 5.75 Å². The molecular formula is C22H26FN3O2. The molecule has 2 aromatic carbocycles. The van der Waals surface area contributed by atoms with Crippen LogP contribution in [0.25, 0.3) is 0 Å². The molecule has 4 rings (SSSR count). The Labute approximate surface area is 164 Å². The summed E-state index contributed by atoms with van der Waals surface area (Å²) in [4.78, 5) is 12.8. The maximum Gasteiger partial charge on any atom is 0.238 e. The van der Waals surface area contributed by atoms with Gasteiger partial charge in [0.1, 0.15) is 17.6 Å². The lowest BCUT2D eigenvalue weighted by Crippen LogP contribution is -2.48. The number of carbonyl (C=O) groups is 1. The Kier molecular flexibility index (Phi) is 5.59. The number of nitrogens with one attached hydrogen (secondary N) is 3. The predicted octanol–water partition coefficient (Wildman–Crippen LogP) is 2.97. The van der Waals surface area contributed by atoms with Crippen LogP contribution in [0.1, 0.15) is 42.9 Å². The van der Waals surface area contributed by atoms with Gasteiger partial charge in [-0.1, -0.05) is 36.8 Å². The van der Waals surface area contributed by atoms with Crippen LogP contribution >= 0.6 is 0 Å². The number of carbonyl (C=O) groups excluding carboxylic acids is 1. The summed E-state index contributed by atoms with van der Waals surface area (Å²) in [6, 6.07) is 13.5. The van der Waals surface area contributed by atoms with Gasteiger partial charge >= 0.3 is 0 Å². The molecule has 1 amide bonds. The van der Waals surface area contributed by atoms with Gasteiger partial charge in [-0.15, -0.1) is 0 Å². The first kappa shape index (κ1) is 18.9. The van der Waals surface area contributed by atoms with Crippen molar-refractivity contribution in [1.29, 1.82) is 0 Å². The van der Waals surface area contributed by atoms with Crippen molar-refractivity contribution < 1.29 is 14.3 Å². The van der Waals surface area contributed by atoms with Crippen molar-refractivity contribution in [1.82, 2.24) is 16.2 Å². The highest BCUT2D eigenvalue weighted by Gasteiger charge is 2.35. The average molecular weight is 383 g/mol. The van der Waals surface area contributed by atoms with Crippen molar-refractivity contribution in [3.05, 3.63) is 65.5 Å². The van der Waals surface area contributed by atoms with Gasteiger partial charge in [0.05, 0.1) is 6.04 Å². The molecule has 2 unspecified atom stereocenters. The highest BCUT2D eigenvalue weighted by Crippen LogP contribution is 2.31. The van der Waals surface area contributed by atoms with Gasteiger partial charge in [-0.2, -0.15) is 0 Å². The second kappa shape index (κ2) is 8.29. The van der Waals surface area contributed by atoms with Gasteiger partial charge in [0.25, 0.3) is 0 Å². The fourth-order valence-electron chi connectivity index (χ4n) is 4.39. The first-order valence-electron chi connectivity index (χ1n) is 9.94. The molecule has 1 aliphatic carbocycles. The number of halogens is 1. The van der Waals surface area contributed by atoms with Crippen molar-refractivity contribution in [2.45, 2.75) is 50.2 Å². The SMILES string of the molecule is O=C(N[C@@H]1CCC[C@@H]1Cc1ccc(F)cc1)C1CC(c2ccccc2O)NN1. The Morgan fingerprint density at radius 2 is 1.89 bits per heavy atom. The number of aromatic hydroxyl groups is 1. The van der Waals surface area contributed by atoms with E-state index in [1.54, 1.807) is 12.1 Å². The smallest absolute Gasteiger partial charge is 0.238 e. The largest absolute Gasteiger partial charge is 0.508 e. The van der Waals surface area contributed by atoms with Crippen LogP contribution in [0.3, 0.4) is 0 Å². The van der Waals surface area contributed by atoms with Gasteiger partial charge in [-0.3, -0.25) is 4.79 Å². The minimum absolute atomic E-state index is 0.0126. The van der Waals surface area contributed by atoms with Crippen LogP contribution in [-0.4, -0.2) is 23.1 Å². The van der Waals surface area contributed by atoms with E-state index in [0.29, 0.717) is 12.3 Å². The summed E-state index contributed by atoms with van der Waals surface area (Å²) in [5, 5.41) is 13.2. The number of benzene rings is 2. The van der Waals surface area contributed by atoms with Gasteiger partial charge in [-0.05, 0) is 55.4 Å². The predicted molar refractivity (Wildman–Crippen MR) is 105 cm³/mol. The van der Waals surface area contributed by atoms with Crippen LogP contribution in [0.4, 0.5) is 4.39 Å². The van der Waals surface area contributed by atoms with Gasteiger partial charge in [-0.25, -0.2) is 15.2 Å². The van der Waals surface area contributed by atoms with Crippen LogP contribution in [-0.2, 0) is 11.2 Å². The lowest BCUT2D eigenvalue weighted by atomic mass is 9.94. The van der Waals surface area contributed by atoms with E-state index in [2.05, 4.69) is 16.2 Å². The molecule has 5 nitrogen and oxygen atoms in total. The van der Waals surface area contributed by atoms with Crippen molar-refractivity contribution in [3.63, 3.8) is 0 Å². The first-order chi connectivity index (χ1) is 13.6. The molecule has 4 atom stereocenters. The summed E-state index contributed by atoms with van der Waals surface area (Å²) in [6.07, 6.45) is 4.56. The van der Waals surface area contributed by atoms with E-state index in [9.17, 15) is 14.3 Å². The summed E-state index contributed by atoms with van der Waals surface area (Å²) in [7, 11) is 0. The Balaban J connectivity index is 1.34. The van der Waals surface area contributed by atoms with Crippen LogP contribution in [0.2, 0.25) is 0 Å². The molecule has 28 heavy (non-hydrogen) atoms. The molecule has 0 bridgehead atoms. The fourth-order valence-corrected chi connectivity index (χ4v) is 4.39. The van der Waals surface area contributed by atoms with E-state index >= 15 is 0 Å². The van der Waals surface area contributed by atoms with E-state index < -0.39 is 0 Å². The quantitative estimate of drug-likeness (QED) is 0.641. The summed E-state index contributed by atoms with van der Waals surface area (Å²) < 4.78 is 13.1. The van der Waals surface area contributed by atoms with E-state index in [1.807, 2.05) is 24.3 Å². The highest BCUT2D eigenvalue weighted by atomic mass is 19.1. The number of hydrazine groups is 1. The third-order valence-electron chi connectivity index (χ3n) is 5.93. The summed E-state index contributed by atoms with van der Waals surface area (Å²) in [5.74, 6) is 0.371. The van der Waals surface area contributed by atoms with E-state index in [1.165, 1.54) is 12.1 Å². The minimum Gasteiger partial charge on any atom is -0.508 e. The zero-order valence-corrected chi connectivity index (χ0v) is 15.7. The van der Waals surface area contributed by atoms with Crippen LogP contribution in [0.15, 0.2) is 48.5 Å². The molecule has 2 aromatic rings. The maximum atomic E-state index is 13.1. The molecule has 1 saturated carbocycles. The highest BCUT2D eigenvalue weighted by molar-refractivity contribution is 5.82. The van der Waals surface area contributed by atoms with Crippen molar-refractivity contribution in [2.75, 3.05) is 0 Å². The van der Waals surface area contributed by atoms with E-state index in [-0.39, 0.29) is 35.6 Å². The number of phenolic OH excluding ortho intramolecular Hbond substituents is 1. The molecule has 0 aromatic heterocycles. The molecule has 2 fully saturated rings. The number of para-hydroxylation sites is 1. The van der Waals surface area contributed by atoms with Crippen molar-refractivity contribution in [3.8, 4) is 5.75 Å². The monoisotopic (exact) mass is 383 g/mol. The normalized spacial score (nSPS) is 27.0. The number of amides is 1. The van der Waals surface area contributed by atoms with Crippen LogP contribution < -0.4 is 16.2 Å².